The number of carbonyl (C=O) groups excluding carboxylic acids is 1. The Morgan fingerprint density at radius 2 is 1.29 bits per heavy atom. The second kappa shape index (κ2) is 7.68. The van der Waals surface area contributed by atoms with E-state index in [2.05, 4.69) is 26.8 Å². The number of hydrogen-bond donors (Lipinski definition) is 0. The first-order valence-corrected chi connectivity index (χ1v) is 7.27. The molecule has 2 saturated carbocycles. The molecular weight excluding hydrogens is 208 g/mol. The Morgan fingerprint density at radius 3 is 1.65 bits per heavy atom. The van der Waals surface area contributed by atoms with E-state index >= 15 is 0 Å². The van der Waals surface area contributed by atoms with Gasteiger partial charge in [-0.3, -0.25) is 4.79 Å². The van der Waals surface area contributed by atoms with Gasteiger partial charge < -0.3 is 0 Å². The van der Waals surface area contributed by atoms with Crippen molar-refractivity contribution in [2.45, 2.75) is 72.1 Å². The van der Waals surface area contributed by atoms with Crippen molar-refractivity contribution in [3.05, 3.63) is 11.6 Å². The summed E-state index contributed by atoms with van der Waals surface area (Å²) in [7, 11) is 0. The van der Waals surface area contributed by atoms with Crippen LogP contribution in [0.25, 0.3) is 0 Å². The second-order valence-corrected chi connectivity index (χ2v) is 5.85. The van der Waals surface area contributed by atoms with Gasteiger partial charge in [-0.15, -0.1) is 0 Å². The maximum atomic E-state index is 10.6. The van der Waals surface area contributed by atoms with E-state index in [4.69, 9.17) is 0 Å². The number of allylic oxidation sites excluding steroid dienone is 2. The Kier molecular flexibility index (Phi) is 6.54. The topological polar surface area (TPSA) is 17.1 Å². The fraction of sp³-hybridized carbons (Fsp3) is 0.812. The van der Waals surface area contributed by atoms with Gasteiger partial charge in [0.25, 0.3) is 0 Å². The van der Waals surface area contributed by atoms with Gasteiger partial charge in [0, 0.05) is 12.8 Å². The van der Waals surface area contributed by atoms with Gasteiger partial charge >= 0.3 is 0 Å². The molecule has 0 radical (unpaired) electrons. The molecule has 2 aliphatic carbocycles. The van der Waals surface area contributed by atoms with Gasteiger partial charge in [0.05, 0.1) is 0 Å². The van der Waals surface area contributed by atoms with Crippen molar-refractivity contribution >= 4 is 5.78 Å². The number of rotatable bonds is 0. The molecule has 0 aromatic carbocycles. The Morgan fingerprint density at radius 1 is 0.882 bits per heavy atom. The monoisotopic (exact) mass is 236 g/mol. The quantitative estimate of drug-likeness (QED) is 0.546. The predicted molar refractivity (Wildman–Crippen MR) is 74.0 cm³/mol. The smallest absolute Gasteiger partial charge is 0.132 e. The molecule has 0 spiro atoms. The van der Waals surface area contributed by atoms with Crippen LogP contribution in [-0.2, 0) is 4.79 Å². The lowest BCUT2D eigenvalue weighted by atomic mass is 9.87. The fourth-order valence-electron chi connectivity index (χ4n) is 2.51. The van der Waals surface area contributed by atoms with Crippen molar-refractivity contribution < 1.29 is 4.79 Å². The number of hydrogen-bond acceptors (Lipinski definition) is 1. The molecule has 17 heavy (non-hydrogen) atoms. The number of carbonyl (C=O) groups is 1. The third-order valence-corrected chi connectivity index (χ3v) is 4.16. The molecule has 0 N–H and O–H groups in total. The summed E-state index contributed by atoms with van der Waals surface area (Å²) >= 11 is 0. The zero-order chi connectivity index (χ0) is 12.7. The Bertz CT molecular complexity index is 245. The van der Waals surface area contributed by atoms with Gasteiger partial charge in [0.1, 0.15) is 5.78 Å². The molecule has 1 nitrogen and oxygen atoms in total. The van der Waals surface area contributed by atoms with Crippen molar-refractivity contribution in [3.8, 4) is 0 Å². The van der Waals surface area contributed by atoms with Crippen LogP contribution in [-0.4, -0.2) is 5.78 Å². The van der Waals surface area contributed by atoms with E-state index in [1.807, 2.05) is 0 Å². The van der Waals surface area contributed by atoms with E-state index in [0.29, 0.717) is 5.78 Å². The van der Waals surface area contributed by atoms with Gasteiger partial charge in [0.2, 0.25) is 0 Å². The average molecular weight is 236 g/mol. The minimum absolute atomic E-state index is 0.461. The summed E-state index contributed by atoms with van der Waals surface area (Å²) < 4.78 is 0. The summed E-state index contributed by atoms with van der Waals surface area (Å²) in [6.45, 7) is 6.73. The van der Waals surface area contributed by atoms with Crippen LogP contribution in [0.5, 0.6) is 0 Å². The summed E-state index contributed by atoms with van der Waals surface area (Å²) in [6.07, 6.45) is 11.8. The van der Waals surface area contributed by atoms with Gasteiger partial charge in [-0.1, -0.05) is 25.5 Å². The molecule has 0 heterocycles. The van der Waals surface area contributed by atoms with Crippen LogP contribution in [0.4, 0.5) is 0 Å². The summed E-state index contributed by atoms with van der Waals surface area (Å²) in [5.74, 6) is 2.24. The molecule has 0 aromatic heterocycles. The molecular formula is C16H28O. The van der Waals surface area contributed by atoms with Crippen molar-refractivity contribution in [2.75, 3.05) is 0 Å². The van der Waals surface area contributed by atoms with Gasteiger partial charge in [0.15, 0.2) is 0 Å². The van der Waals surface area contributed by atoms with E-state index in [0.717, 1.165) is 37.5 Å². The maximum Gasteiger partial charge on any atom is 0.132 e. The van der Waals surface area contributed by atoms with Crippen LogP contribution in [0.3, 0.4) is 0 Å². The highest BCUT2D eigenvalue weighted by molar-refractivity contribution is 5.78. The summed E-state index contributed by atoms with van der Waals surface area (Å²) in [5, 5.41) is 0. The highest BCUT2D eigenvalue weighted by Gasteiger charge is 2.13. The summed E-state index contributed by atoms with van der Waals surface area (Å²) in [5.41, 5.74) is 1.67. The molecule has 1 heteroatoms. The van der Waals surface area contributed by atoms with Crippen LogP contribution < -0.4 is 0 Å². The average Bonchev–Trinajstić information content (AvgIpc) is 2.35. The van der Waals surface area contributed by atoms with Crippen LogP contribution in [0.2, 0.25) is 0 Å². The van der Waals surface area contributed by atoms with Crippen molar-refractivity contribution in [1.29, 1.82) is 0 Å². The van der Waals surface area contributed by atoms with Crippen molar-refractivity contribution in [1.82, 2.24) is 0 Å². The van der Waals surface area contributed by atoms with E-state index in [1.165, 1.54) is 25.7 Å². The molecule has 0 aliphatic heterocycles. The zero-order valence-corrected chi connectivity index (χ0v) is 11.8. The van der Waals surface area contributed by atoms with Crippen LogP contribution >= 0.6 is 0 Å². The molecule has 0 saturated heterocycles. The maximum absolute atomic E-state index is 10.6. The third kappa shape index (κ3) is 6.05. The molecule has 0 bridgehead atoms. The molecule has 98 valence electrons. The van der Waals surface area contributed by atoms with E-state index in [9.17, 15) is 4.79 Å². The lowest BCUT2D eigenvalue weighted by Gasteiger charge is -2.19. The largest absolute Gasteiger partial charge is 0.300 e. The van der Waals surface area contributed by atoms with E-state index in [1.54, 1.807) is 5.57 Å². The molecule has 0 unspecified atom stereocenters. The first-order chi connectivity index (χ1) is 8.11. The third-order valence-electron chi connectivity index (χ3n) is 4.16. The highest BCUT2D eigenvalue weighted by atomic mass is 16.1. The predicted octanol–water partition coefficient (Wildman–Crippen LogP) is 4.91. The summed E-state index contributed by atoms with van der Waals surface area (Å²) in [6, 6.07) is 0. The molecule has 0 atom stereocenters. The van der Waals surface area contributed by atoms with E-state index in [-0.39, 0.29) is 0 Å². The van der Waals surface area contributed by atoms with Crippen LogP contribution in [0.1, 0.15) is 72.1 Å². The lowest BCUT2D eigenvalue weighted by Crippen LogP contribution is -2.10. The number of ketones is 1. The van der Waals surface area contributed by atoms with Crippen LogP contribution in [0, 0.1) is 11.8 Å². The van der Waals surface area contributed by atoms with Crippen molar-refractivity contribution in [2.24, 2.45) is 11.8 Å². The normalized spacial score (nSPS) is 26.2. The molecule has 0 amide bonds. The molecule has 0 aromatic rings. The SMILES string of the molecule is CC1CCC(=O)CC1.CC=C1CCC(C)CC1. The second-order valence-electron chi connectivity index (χ2n) is 5.85. The minimum Gasteiger partial charge on any atom is -0.300 e. The molecule has 2 rings (SSSR count). The Hall–Kier alpha value is -0.590. The summed E-state index contributed by atoms with van der Waals surface area (Å²) in [4.78, 5) is 10.6. The fourth-order valence-corrected chi connectivity index (χ4v) is 2.51. The minimum atomic E-state index is 0.461. The Balaban J connectivity index is 0.000000171. The standard InChI is InChI=1S/C9H16.C7H12O/c1-3-9-6-4-8(2)5-7-9;1-6-2-4-7(8)5-3-6/h3,8H,4-7H2,1-2H3;6H,2-5H2,1H3. The molecule has 2 fully saturated rings. The lowest BCUT2D eigenvalue weighted by molar-refractivity contribution is -0.120. The highest BCUT2D eigenvalue weighted by Crippen LogP contribution is 2.27. The van der Waals surface area contributed by atoms with Gasteiger partial charge in [-0.25, -0.2) is 0 Å². The molecule has 2 aliphatic rings. The van der Waals surface area contributed by atoms with Crippen LogP contribution in [0.15, 0.2) is 11.6 Å². The van der Waals surface area contributed by atoms with Gasteiger partial charge in [-0.05, 0) is 57.3 Å². The van der Waals surface area contributed by atoms with Crippen molar-refractivity contribution in [3.63, 3.8) is 0 Å². The Labute approximate surface area is 107 Å². The number of Topliss-reactive ketones (excluding diaryl/α,β-unsaturated/α-hetero) is 1. The van der Waals surface area contributed by atoms with Gasteiger partial charge in [-0.2, -0.15) is 0 Å². The first kappa shape index (κ1) is 14.5. The van der Waals surface area contributed by atoms with E-state index < -0.39 is 0 Å². The zero-order valence-electron chi connectivity index (χ0n) is 11.8. The first-order valence-electron chi connectivity index (χ1n) is 7.27.